The number of benzene rings is 2. The zero-order chi connectivity index (χ0) is 19.5. The molecule has 1 fully saturated rings. The number of rotatable bonds is 6. The Morgan fingerprint density at radius 1 is 1.07 bits per heavy atom. The molecule has 0 radical (unpaired) electrons. The Kier molecular flexibility index (Phi) is 5.12. The first-order chi connectivity index (χ1) is 13.6. The van der Waals surface area contributed by atoms with E-state index in [4.69, 9.17) is 11.6 Å². The SMILES string of the molecule is O=C(NCc1ccccc1Cl)c1cc(NC(=O)C2CC2)n(-c2ccccc2)n1. The minimum atomic E-state index is -0.337. The topological polar surface area (TPSA) is 76.0 Å². The molecule has 0 atom stereocenters. The lowest BCUT2D eigenvalue weighted by Gasteiger charge is -2.08. The third-order valence-electron chi connectivity index (χ3n) is 4.54. The number of amides is 2. The fourth-order valence-corrected chi connectivity index (χ4v) is 3.03. The largest absolute Gasteiger partial charge is 0.347 e. The maximum Gasteiger partial charge on any atom is 0.272 e. The van der Waals surface area contributed by atoms with Crippen molar-refractivity contribution in [3.05, 3.63) is 76.9 Å². The van der Waals surface area contributed by atoms with Crippen LogP contribution >= 0.6 is 11.6 Å². The van der Waals surface area contributed by atoms with Crippen molar-refractivity contribution in [1.82, 2.24) is 15.1 Å². The molecule has 7 heteroatoms. The number of anilines is 1. The Hall–Kier alpha value is -3.12. The number of nitrogens with one attached hydrogen (secondary N) is 2. The van der Waals surface area contributed by atoms with Crippen molar-refractivity contribution in [3.63, 3.8) is 0 Å². The fraction of sp³-hybridized carbons (Fsp3) is 0.190. The molecule has 6 nitrogen and oxygen atoms in total. The molecule has 1 heterocycles. The molecule has 0 bridgehead atoms. The molecule has 0 spiro atoms. The van der Waals surface area contributed by atoms with Gasteiger partial charge < -0.3 is 10.6 Å². The normalized spacial score (nSPS) is 13.2. The van der Waals surface area contributed by atoms with Crippen molar-refractivity contribution in [2.45, 2.75) is 19.4 Å². The second-order valence-electron chi connectivity index (χ2n) is 6.70. The van der Waals surface area contributed by atoms with E-state index < -0.39 is 0 Å². The first-order valence-corrected chi connectivity index (χ1v) is 9.47. The van der Waals surface area contributed by atoms with Gasteiger partial charge >= 0.3 is 0 Å². The van der Waals surface area contributed by atoms with Crippen LogP contribution in [0.5, 0.6) is 0 Å². The highest BCUT2D eigenvalue weighted by Crippen LogP contribution is 2.30. The van der Waals surface area contributed by atoms with E-state index in [0.29, 0.717) is 17.4 Å². The van der Waals surface area contributed by atoms with Gasteiger partial charge in [0.2, 0.25) is 5.91 Å². The number of para-hydroxylation sites is 1. The second kappa shape index (κ2) is 7.86. The second-order valence-corrected chi connectivity index (χ2v) is 7.11. The predicted molar refractivity (Wildman–Crippen MR) is 108 cm³/mol. The van der Waals surface area contributed by atoms with Gasteiger partial charge in [-0.05, 0) is 36.6 Å². The summed E-state index contributed by atoms with van der Waals surface area (Å²) in [4.78, 5) is 24.8. The molecular formula is C21H19ClN4O2. The third kappa shape index (κ3) is 4.07. The first-order valence-electron chi connectivity index (χ1n) is 9.10. The predicted octanol–water partition coefficient (Wildman–Crippen LogP) is 3.80. The van der Waals surface area contributed by atoms with Crippen LogP contribution in [-0.2, 0) is 11.3 Å². The average Bonchev–Trinajstić information content (AvgIpc) is 3.49. The van der Waals surface area contributed by atoms with Gasteiger partial charge in [-0.1, -0.05) is 48.0 Å². The van der Waals surface area contributed by atoms with Crippen LogP contribution in [0.25, 0.3) is 5.69 Å². The molecule has 2 N–H and O–H groups in total. The summed E-state index contributed by atoms with van der Waals surface area (Å²) in [6.45, 7) is 0.292. The summed E-state index contributed by atoms with van der Waals surface area (Å²) >= 11 is 6.14. The number of hydrogen-bond donors (Lipinski definition) is 2. The number of hydrogen-bond acceptors (Lipinski definition) is 3. The maximum absolute atomic E-state index is 12.6. The summed E-state index contributed by atoms with van der Waals surface area (Å²) < 4.78 is 1.57. The van der Waals surface area contributed by atoms with E-state index in [-0.39, 0.29) is 23.4 Å². The highest BCUT2D eigenvalue weighted by molar-refractivity contribution is 6.31. The molecular weight excluding hydrogens is 376 g/mol. The molecule has 1 saturated carbocycles. The van der Waals surface area contributed by atoms with Crippen molar-refractivity contribution in [2.75, 3.05) is 5.32 Å². The molecule has 142 valence electrons. The van der Waals surface area contributed by atoms with Crippen LogP contribution in [0.3, 0.4) is 0 Å². The molecule has 1 aliphatic rings. The molecule has 3 aromatic rings. The molecule has 2 amide bonds. The Balaban J connectivity index is 1.56. The standard InChI is InChI=1S/C21H19ClN4O2/c22-17-9-5-4-6-15(17)13-23-21(28)18-12-19(24-20(27)14-10-11-14)26(25-18)16-7-2-1-3-8-16/h1-9,12,14H,10-11,13H2,(H,23,28)(H,24,27). The lowest BCUT2D eigenvalue weighted by atomic mass is 10.2. The number of nitrogens with zero attached hydrogens (tertiary/aromatic N) is 2. The van der Waals surface area contributed by atoms with Crippen molar-refractivity contribution in [3.8, 4) is 5.69 Å². The van der Waals surface area contributed by atoms with E-state index in [1.54, 1.807) is 16.8 Å². The van der Waals surface area contributed by atoms with Gasteiger partial charge in [0.15, 0.2) is 5.69 Å². The zero-order valence-electron chi connectivity index (χ0n) is 15.1. The van der Waals surface area contributed by atoms with Crippen LogP contribution in [0.4, 0.5) is 5.82 Å². The number of halogens is 1. The van der Waals surface area contributed by atoms with Gasteiger partial charge in [-0.25, -0.2) is 4.68 Å². The fourth-order valence-electron chi connectivity index (χ4n) is 2.83. The van der Waals surface area contributed by atoms with E-state index in [1.165, 1.54) is 0 Å². The number of aromatic nitrogens is 2. The molecule has 4 rings (SSSR count). The molecule has 28 heavy (non-hydrogen) atoms. The van der Waals surface area contributed by atoms with E-state index >= 15 is 0 Å². The molecule has 1 aliphatic carbocycles. The van der Waals surface area contributed by atoms with Crippen LogP contribution < -0.4 is 10.6 Å². The van der Waals surface area contributed by atoms with Gasteiger partial charge in [0, 0.05) is 23.6 Å². The molecule has 0 saturated heterocycles. The van der Waals surface area contributed by atoms with Crippen LogP contribution in [0.2, 0.25) is 5.02 Å². The van der Waals surface area contributed by atoms with E-state index in [9.17, 15) is 9.59 Å². The monoisotopic (exact) mass is 394 g/mol. The number of carbonyl (C=O) groups is 2. The zero-order valence-corrected chi connectivity index (χ0v) is 15.8. The Morgan fingerprint density at radius 3 is 2.50 bits per heavy atom. The summed E-state index contributed by atoms with van der Waals surface area (Å²) in [5.74, 6) is 0.152. The van der Waals surface area contributed by atoms with Crippen molar-refractivity contribution >= 4 is 29.2 Å². The summed E-state index contributed by atoms with van der Waals surface area (Å²) in [5.41, 5.74) is 1.81. The quantitative estimate of drug-likeness (QED) is 0.667. The van der Waals surface area contributed by atoms with Gasteiger partial charge in [-0.15, -0.1) is 0 Å². The summed E-state index contributed by atoms with van der Waals surface area (Å²) in [6, 6.07) is 18.3. The minimum Gasteiger partial charge on any atom is -0.347 e. The maximum atomic E-state index is 12.6. The van der Waals surface area contributed by atoms with Crippen LogP contribution in [0, 0.1) is 5.92 Å². The van der Waals surface area contributed by atoms with Gasteiger partial charge in [-0.3, -0.25) is 9.59 Å². The third-order valence-corrected chi connectivity index (χ3v) is 4.91. The van der Waals surface area contributed by atoms with Gasteiger partial charge in [0.25, 0.3) is 5.91 Å². The van der Waals surface area contributed by atoms with Crippen LogP contribution in [0.15, 0.2) is 60.7 Å². The summed E-state index contributed by atoms with van der Waals surface area (Å²) in [7, 11) is 0. The van der Waals surface area contributed by atoms with Gasteiger partial charge in [0.1, 0.15) is 5.82 Å². The molecule has 0 aliphatic heterocycles. The molecule has 2 aromatic carbocycles. The average molecular weight is 395 g/mol. The molecule has 0 unspecified atom stereocenters. The summed E-state index contributed by atoms with van der Waals surface area (Å²) in [5, 5.41) is 10.7. The van der Waals surface area contributed by atoms with Crippen molar-refractivity contribution in [1.29, 1.82) is 0 Å². The highest BCUT2D eigenvalue weighted by atomic mass is 35.5. The Bertz CT molecular complexity index is 1010. The van der Waals surface area contributed by atoms with Gasteiger partial charge in [-0.2, -0.15) is 5.10 Å². The Labute approximate surface area is 167 Å². The van der Waals surface area contributed by atoms with E-state index in [2.05, 4.69) is 15.7 Å². The number of carbonyl (C=O) groups excluding carboxylic acids is 2. The molecule has 1 aromatic heterocycles. The van der Waals surface area contributed by atoms with Crippen molar-refractivity contribution < 1.29 is 9.59 Å². The highest BCUT2D eigenvalue weighted by Gasteiger charge is 2.30. The summed E-state index contributed by atoms with van der Waals surface area (Å²) in [6.07, 6.45) is 1.80. The lowest BCUT2D eigenvalue weighted by molar-refractivity contribution is -0.117. The van der Waals surface area contributed by atoms with Gasteiger partial charge in [0.05, 0.1) is 5.69 Å². The van der Waals surface area contributed by atoms with E-state index in [1.807, 2.05) is 48.5 Å². The Morgan fingerprint density at radius 2 is 1.79 bits per heavy atom. The lowest BCUT2D eigenvalue weighted by Crippen LogP contribution is -2.23. The first kappa shape index (κ1) is 18.3. The van der Waals surface area contributed by atoms with Crippen LogP contribution in [-0.4, -0.2) is 21.6 Å². The van der Waals surface area contributed by atoms with E-state index in [0.717, 1.165) is 24.1 Å². The van der Waals surface area contributed by atoms with Crippen LogP contribution in [0.1, 0.15) is 28.9 Å². The minimum absolute atomic E-state index is 0.0416. The van der Waals surface area contributed by atoms with Crippen molar-refractivity contribution in [2.24, 2.45) is 5.92 Å². The smallest absolute Gasteiger partial charge is 0.272 e.